The first-order valence-corrected chi connectivity index (χ1v) is 9.11. The molecule has 7 nitrogen and oxygen atoms in total. The van der Waals surface area contributed by atoms with Crippen LogP contribution in [-0.2, 0) is 17.7 Å². The van der Waals surface area contributed by atoms with Crippen molar-refractivity contribution in [3.63, 3.8) is 0 Å². The predicted molar refractivity (Wildman–Crippen MR) is 103 cm³/mol. The highest BCUT2D eigenvalue weighted by Gasteiger charge is 2.27. The van der Waals surface area contributed by atoms with E-state index in [9.17, 15) is 9.59 Å². The number of hydrogen-bond acceptors (Lipinski definition) is 5. The first-order valence-electron chi connectivity index (χ1n) is 9.11. The summed E-state index contributed by atoms with van der Waals surface area (Å²) >= 11 is 0. The highest BCUT2D eigenvalue weighted by atomic mass is 16.5. The number of hydrogen-bond donors (Lipinski definition) is 0. The minimum atomic E-state index is -0.372. The van der Waals surface area contributed by atoms with Crippen molar-refractivity contribution >= 4 is 17.6 Å². The van der Waals surface area contributed by atoms with E-state index in [2.05, 4.69) is 10.1 Å². The average molecular weight is 376 g/mol. The maximum absolute atomic E-state index is 13.1. The number of nitrogens with zero attached hydrogens (tertiary/aromatic N) is 4. The second kappa shape index (κ2) is 7.64. The van der Waals surface area contributed by atoms with Gasteiger partial charge in [-0.05, 0) is 48.2 Å². The molecule has 0 saturated carbocycles. The minimum absolute atomic E-state index is 0.0738. The van der Waals surface area contributed by atoms with Gasteiger partial charge in [0.2, 0.25) is 0 Å². The first kappa shape index (κ1) is 17.9. The lowest BCUT2D eigenvalue weighted by molar-refractivity contribution is 0.0599. The molecule has 2 aromatic carbocycles. The number of fused-ring (bicyclic) bond motifs is 1. The molecule has 0 bridgehead atoms. The molecule has 0 aliphatic carbocycles. The summed E-state index contributed by atoms with van der Waals surface area (Å²) in [6.45, 7) is 1.22. The van der Waals surface area contributed by atoms with E-state index in [0.717, 1.165) is 29.7 Å². The van der Waals surface area contributed by atoms with Crippen LogP contribution >= 0.6 is 0 Å². The van der Waals surface area contributed by atoms with Gasteiger partial charge in [0, 0.05) is 17.8 Å². The number of methoxy groups -OCH3 is 1. The molecule has 4 rings (SSSR count). The quantitative estimate of drug-likeness (QED) is 0.655. The Morgan fingerprint density at radius 2 is 1.96 bits per heavy atom. The Morgan fingerprint density at radius 3 is 2.68 bits per heavy atom. The van der Waals surface area contributed by atoms with Gasteiger partial charge in [0.1, 0.15) is 12.7 Å². The molecule has 0 spiro atoms. The minimum Gasteiger partial charge on any atom is -0.465 e. The van der Waals surface area contributed by atoms with Crippen molar-refractivity contribution in [2.75, 3.05) is 18.6 Å². The third-order valence-corrected chi connectivity index (χ3v) is 4.91. The Kier molecular flexibility index (Phi) is 4.89. The van der Waals surface area contributed by atoms with Crippen LogP contribution in [0.25, 0.3) is 0 Å². The van der Waals surface area contributed by atoms with Crippen LogP contribution in [-0.4, -0.2) is 40.3 Å². The largest absolute Gasteiger partial charge is 0.465 e. The van der Waals surface area contributed by atoms with Gasteiger partial charge in [-0.1, -0.05) is 18.2 Å². The number of carbonyl (C=O) groups excluding carboxylic acids is 2. The zero-order valence-electron chi connectivity index (χ0n) is 15.5. The van der Waals surface area contributed by atoms with Gasteiger partial charge in [0.15, 0.2) is 0 Å². The number of rotatable bonds is 4. The van der Waals surface area contributed by atoms with Crippen LogP contribution in [0.3, 0.4) is 0 Å². The standard InChI is InChI=1S/C21H20N4O3/c1-28-21(27)18-4-2-6-19-17(18)5-3-11-25(19)20(26)16-9-7-15(8-10-16)12-24-14-22-13-23-24/h2,4,6-10,13-14H,3,5,11-12H2,1H3. The lowest BCUT2D eigenvalue weighted by atomic mass is 9.95. The molecule has 1 amide bonds. The Morgan fingerprint density at radius 1 is 1.14 bits per heavy atom. The number of esters is 1. The average Bonchev–Trinajstić information content (AvgIpc) is 3.25. The number of amides is 1. The summed E-state index contributed by atoms with van der Waals surface area (Å²) in [6.07, 6.45) is 4.70. The molecule has 0 radical (unpaired) electrons. The Labute approximate surface area is 162 Å². The molecule has 2 heterocycles. The van der Waals surface area contributed by atoms with Gasteiger partial charge < -0.3 is 9.64 Å². The number of ether oxygens (including phenoxy) is 1. The molecule has 1 aliphatic rings. The van der Waals surface area contributed by atoms with Crippen molar-refractivity contribution in [1.29, 1.82) is 0 Å². The van der Waals surface area contributed by atoms with Crippen molar-refractivity contribution in [3.05, 3.63) is 77.4 Å². The molecule has 0 unspecified atom stereocenters. The smallest absolute Gasteiger partial charge is 0.338 e. The molecule has 0 fully saturated rings. The monoisotopic (exact) mass is 376 g/mol. The van der Waals surface area contributed by atoms with E-state index in [-0.39, 0.29) is 11.9 Å². The van der Waals surface area contributed by atoms with Crippen LogP contribution in [0.4, 0.5) is 5.69 Å². The molecule has 28 heavy (non-hydrogen) atoms. The van der Waals surface area contributed by atoms with Crippen molar-refractivity contribution < 1.29 is 14.3 Å². The number of carbonyl (C=O) groups is 2. The van der Waals surface area contributed by atoms with Gasteiger partial charge in [-0.25, -0.2) is 14.5 Å². The highest BCUT2D eigenvalue weighted by molar-refractivity contribution is 6.07. The van der Waals surface area contributed by atoms with Gasteiger partial charge in [0.25, 0.3) is 5.91 Å². The van der Waals surface area contributed by atoms with Gasteiger partial charge in [0.05, 0.1) is 19.2 Å². The molecule has 3 aromatic rings. The van der Waals surface area contributed by atoms with Crippen molar-refractivity contribution in [3.8, 4) is 0 Å². The molecule has 1 aliphatic heterocycles. The van der Waals surface area contributed by atoms with E-state index < -0.39 is 0 Å². The number of benzene rings is 2. The third kappa shape index (κ3) is 3.38. The number of anilines is 1. The fourth-order valence-electron chi connectivity index (χ4n) is 3.55. The fraction of sp³-hybridized carbons (Fsp3) is 0.238. The van der Waals surface area contributed by atoms with Crippen LogP contribution in [0.2, 0.25) is 0 Å². The van der Waals surface area contributed by atoms with E-state index >= 15 is 0 Å². The first-order chi connectivity index (χ1) is 13.7. The maximum atomic E-state index is 13.1. The van der Waals surface area contributed by atoms with Crippen LogP contribution in [0.15, 0.2) is 55.1 Å². The van der Waals surface area contributed by atoms with Crippen molar-refractivity contribution in [2.45, 2.75) is 19.4 Å². The van der Waals surface area contributed by atoms with Crippen molar-refractivity contribution in [2.24, 2.45) is 0 Å². The molecular weight excluding hydrogens is 356 g/mol. The number of aromatic nitrogens is 3. The Balaban J connectivity index is 1.59. The highest BCUT2D eigenvalue weighted by Crippen LogP contribution is 2.31. The summed E-state index contributed by atoms with van der Waals surface area (Å²) in [7, 11) is 1.37. The van der Waals surface area contributed by atoms with Crippen molar-refractivity contribution in [1.82, 2.24) is 14.8 Å². The fourth-order valence-corrected chi connectivity index (χ4v) is 3.55. The van der Waals surface area contributed by atoms with E-state index in [1.54, 1.807) is 28.0 Å². The summed E-state index contributed by atoms with van der Waals surface area (Å²) in [5.74, 6) is -0.445. The Hall–Kier alpha value is -3.48. The second-order valence-corrected chi connectivity index (χ2v) is 6.65. The lowest BCUT2D eigenvalue weighted by Gasteiger charge is -2.30. The summed E-state index contributed by atoms with van der Waals surface area (Å²) in [5, 5.41) is 4.09. The molecule has 0 atom stereocenters. The summed E-state index contributed by atoms with van der Waals surface area (Å²) in [4.78, 5) is 30.9. The van der Waals surface area contributed by atoms with Gasteiger partial charge in [-0.15, -0.1) is 0 Å². The maximum Gasteiger partial charge on any atom is 0.338 e. The lowest BCUT2D eigenvalue weighted by Crippen LogP contribution is -2.36. The Bertz CT molecular complexity index is 997. The van der Waals surface area contributed by atoms with Gasteiger partial charge in [-0.3, -0.25) is 4.79 Å². The van der Waals surface area contributed by atoms with E-state index in [4.69, 9.17) is 4.74 Å². The molecule has 142 valence electrons. The topological polar surface area (TPSA) is 77.3 Å². The normalized spacial score (nSPS) is 13.1. The zero-order valence-corrected chi connectivity index (χ0v) is 15.5. The summed E-state index contributed by atoms with van der Waals surface area (Å²) < 4.78 is 6.61. The molecular formula is C21H20N4O3. The SMILES string of the molecule is COC(=O)c1cccc2c1CCCN2C(=O)c1ccc(Cn2cncn2)cc1. The molecule has 1 aromatic heterocycles. The predicted octanol–water partition coefficient (Wildman–Crippen LogP) is 2.71. The molecule has 0 saturated heterocycles. The molecule has 7 heteroatoms. The van der Waals surface area contributed by atoms with Crippen LogP contribution in [0.1, 0.15) is 38.3 Å². The van der Waals surface area contributed by atoms with Crippen LogP contribution in [0.5, 0.6) is 0 Å². The second-order valence-electron chi connectivity index (χ2n) is 6.65. The van der Waals surface area contributed by atoms with Crippen LogP contribution < -0.4 is 4.90 Å². The van der Waals surface area contributed by atoms with Gasteiger partial charge in [-0.2, -0.15) is 5.10 Å². The summed E-state index contributed by atoms with van der Waals surface area (Å²) in [6, 6.07) is 12.9. The summed E-state index contributed by atoms with van der Waals surface area (Å²) in [5.41, 5.74) is 3.83. The van der Waals surface area contributed by atoms with E-state index in [0.29, 0.717) is 24.2 Å². The zero-order chi connectivity index (χ0) is 19.5. The third-order valence-electron chi connectivity index (χ3n) is 4.91. The van der Waals surface area contributed by atoms with E-state index in [1.807, 2.05) is 30.3 Å². The molecule has 0 N–H and O–H groups in total. The van der Waals surface area contributed by atoms with E-state index in [1.165, 1.54) is 13.4 Å². The van der Waals surface area contributed by atoms with Gasteiger partial charge >= 0.3 is 5.97 Å². The van der Waals surface area contributed by atoms with Crippen LogP contribution in [0, 0.1) is 0 Å².